The van der Waals surface area contributed by atoms with Gasteiger partial charge in [0, 0.05) is 35.0 Å². The average Bonchev–Trinajstić information content (AvgIpc) is 3.55. The van der Waals surface area contributed by atoms with Crippen LogP contribution in [-0.2, 0) is 16.1 Å². The van der Waals surface area contributed by atoms with Crippen molar-refractivity contribution < 1.29 is 13.9 Å². The predicted molar refractivity (Wildman–Crippen MR) is 127 cm³/mol. The van der Waals surface area contributed by atoms with Crippen LogP contribution in [0.15, 0.2) is 53.8 Å². The topological polar surface area (TPSA) is 84.8 Å². The summed E-state index contributed by atoms with van der Waals surface area (Å²) in [5.41, 5.74) is 3.26. The molecule has 170 valence electrons. The van der Waals surface area contributed by atoms with E-state index in [-0.39, 0.29) is 23.6 Å². The highest BCUT2D eigenvalue weighted by Crippen LogP contribution is 2.31. The van der Waals surface area contributed by atoms with Crippen LogP contribution >= 0.6 is 11.8 Å². The molecule has 2 N–H and O–H groups in total. The van der Waals surface area contributed by atoms with Crippen LogP contribution in [0.3, 0.4) is 0 Å². The Morgan fingerprint density at radius 1 is 1.30 bits per heavy atom. The Morgan fingerprint density at radius 2 is 2.18 bits per heavy atom. The molecule has 1 aliphatic heterocycles. The molecule has 3 heterocycles. The Hall–Kier alpha value is -3.17. The molecule has 9 heteroatoms. The number of carbonyl (C=O) groups excluding carboxylic acids is 1. The normalized spacial score (nSPS) is 15.9. The van der Waals surface area contributed by atoms with E-state index in [0.29, 0.717) is 17.4 Å². The number of benzene rings is 2. The van der Waals surface area contributed by atoms with Crippen molar-refractivity contribution in [2.24, 2.45) is 0 Å². The molecule has 7 nitrogen and oxygen atoms in total. The highest BCUT2D eigenvalue weighted by atomic mass is 32.2. The number of H-pyrrole nitrogens is 1. The number of amides is 1. The van der Waals surface area contributed by atoms with Gasteiger partial charge in [0.15, 0.2) is 11.0 Å². The van der Waals surface area contributed by atoms with E-state index in [1.165, 1.54) is 23.9 Å². The molecule has 1 unspecified atom stereocenters. The number of rotatable bonds is 7. The first-order valence-electron chi connectivity index (χ1n) is 10.9. The SMILES string of the molecule is Cc1ccc(F)cc1NC(=O)CSc1nnc(-c2c[nH]c3ccccc23)n1CC1CCCO1. The van der Waals surface area contributed by atoms with Gasteiger partial charge < -0.3 is 15.0 Å². The molecule has 0 spiro atoms. The van der Waals surface area contributed by atoms with Crippen molar-refractivity contribution in [2.45, 2.75) is 37.6 Å². The lowest BCUT2D eigenvalue weighted by atomic mass is 10.1. The Balaban J connectivity index is 1.38. The highest BCUT2D eigenvalue weighted by molar-refractivity contribution is 7.99. The number of nitrogens with one attached hydrogen (secondary N) is 2. The van der Waals surface area contributed by atoms with E-state index in [4.69, 9.17) is 4.74 Å². The first-order chi connectivity index (χ1) is 16.1. The summed E-state index contributed by atoms with van der Waals surface area (Å²) in [6.45, 7) is 3.20. The summed E-state index contributed by atoms with van der Waals surface area (Å²) in [5, 5.41) is 13.4. The summed E-state index contributed by atoms with van der Waals surface area (Å²) in [4.78, 5) is 15.9. The van der Waals surface area contributed by atoms with Gasteiger partial charge in [0.2, 0.25) is 5.91 Å². The molecule has 0 saturated carbocycles. The van der Waals surface area contributed by atoms with E-state index >= 15 is 0 Å². The summed E-state index contributed by atoms with van der Waals surface area (Å²) in [5.74, 6) is 0.261. The fraction of sp³-hybridized carbons (Fsp3) is 0.292. The van der Waals surface area contributed by atoms with Crippen molar-refractivity contribution in [1.82, 2.24) is 19.7 Å². The summed E-state index contributed by atoms with van der Waals surface area (Å²) in [6, 6.07) is 12.4. The van der Waals surface area contributed by atoms with Crippen LogP contribution in [0.4, 0.5) is 10.1 Å². The van der Waals surface area contributed by atoms with Gasteiger partial charge in [0.05, 0.1) is 18.4 Å². The Morgan fingerprint density at radius 3 is 3.03 bits per heavy atom. The molecule has 0 aliphatic carbocycles. The molecule has 0 bridgehead atoms. The number of anilines is 1. The van der Waals surface area contributed by atoms with Crippen LogP contribution in [-0.4, -0.2) is 44.1 Å². The summed E-state index contributed by atoms with van der Waals surface area (Å²) in [6.07, 6.45) is 4.05. The van der Waals surface area contributed by atoms with Gasteiger partial charge >= 0.3 is 0 Å². The Labute approximate surface area is 194 Å². The minimum absolute atomic E-state index is 0.0908. The van der Waals surface area contributed by atoms with Crippen molar-refractivity contribution in [3.8, 4) is 11.4 Å². The lowest BCUT2D eigenvalue weighted by molar-refractivity contribution is -0.113. The average molecular weight is 466 g/mol. The lowest BCUT2D eigenvalue weighted by Crippen LogP contribution is -2.18. The molecule has 2 aromatic heterocycles. The van der Waals surface area contributed by atoms with Gasteiger partial charge in [0.25, 0.3) is 0 Å². The number of ether oxygens (including phenoxy) is 1. The molecule has 1 fully saturated rings. The van der Waals surface area contributed by atoms with Crippen molar-refractivity contribution in [3.63, 3.8) is 0 Å². The molecule has 5 rings (SSSR count). The van der Waals surface area contributed by atoms with E-state index in [1.54, 1.807) is 6.07 Å². The molecule has 1 amide bonds. The van der Waals surface area contributed by atoms with Crippen LogP contribution in [0, 0.1) is 12.7 Å². The van der Waals surface area contributed by atoms with Gasteiger partial charge in [-0.3, -0.25) is 9.36 Å². The van der Waals surface area contributed by atoms with Crippen LogP contribution < -0.4 is 5.32 Å². The molecule has 1 saturated heterocycles. The number of hydrogen-bond acceptors (Lipinski definition) is 5. The van der Waals surface area contributed by atoms with Gasteiger partial charge in [-0.1, -0.05) is 36.0 Å². The Bertz CT molecular complexity index is 1300. The lowest BCUT2D eigenvalue weighted by Gasteiger charge is -2.14. The first-order valence-corrected chi connectivity index (χ1v) is 11.9. The van der Waals surface area contributed by atoms with Crippen molar-refractivity contribution in [1.29, 1.82) is 0 Å². The van der Waals surface area contributed by atoms with Gasteiger partial charge in [-0.15, -0.1) is 10.2 Å². The standard InChI is InChI=1S/C24H24FN5O2S/c1-15-8-9-16(25)11-21(15)27-22(31)14-33-24-29-28-23(30(24)13-17-5-4-10-32-17)19-12-26-20-7-3-2-6-18(19)20/h2-3,6-9,11-12,17,26H,4-5,10,13-14H2,1H3,(H,27,31). The maximum absolute atomic E-state index is 13.6. The van der Waals surface area contributed by atoms with E-state index < -0.39 is 0 Å². The van der Waals surface area contributed by atoms with Gasteiger partial charge in [-0.05, 0) is 43.5 Å². The van der Waals surface area contributed by atoms with Crippen LogP contribution in [0.2, 0.25) is 0 Å². The van der Waals surface area contributed by atoms with Crippen molar-refractivity contribution in [2.75, 3.05) is 17.7 Å². The summed E-state index contributed by atoms with van der Waals surface area (Å²) < 4.78 is 21.5. The fourth-order valence-electron chi connectivity index (χ4n) is 4.05. The zero-order chi connectivity index (χ0) is 22.8. The second kappa shape index (κ2) is 9.36. The zero-order valence-corrected chi connectivity index (χ0v) is 19.0. The molecular weight excluding hydrogens is 441 g/mol. The van der Waals surface area contributed by atoms with Crippen LogP contribution in [0.25, 0.3) is 22.3 Å². The number of carbonyl (C=O) groups is 1. The quantitative estimate of drug-likeness (QED) is 0.384. The third-order valence-corrected chi connectivity index (χ3v) is 6.73. The zero-order valence-electron chi connectivity index (χ0n) is 18.2. The maximum Gasteiger partial charge on any atom is 0.234 e. The minimum atomic E-state index is -0.386. The third kappa shape index (κ3) is 4.65. The molecule has 0 radical (unpaired) electrons. The van der Waals surface area contributed by atoms with E-state index in [2.05, 4.69) is 20.5 Å². The summed E-state index contributed by atoms with van der Waals surface area (Å²) >= 11 is 1.31. The van der Waals surface area contributed by atoms with Crippen LogP contribution in [0.5, 0.6) is 0 Å². The highest BCUT2D eigenvalue weighted by Gasteiger charge is 2.23. The number of aryl methyl sites for hydroxylation is 1. The number of aromatic amines is 1. The van der Waals surface area contributed by atoms with Gasteiger partial charge in [0.1, 0.15) is 5.82 Å². The number of thioether (sulfide) groups is 1. The maximum atomic E-state index is 13.6. The number of aromatic nitrogens is 4. The first kappa shape index (κ1) is 21.7. The predicted octanol–water partition coefficient (Wildman–Crippen LogP) is 4.78. The van der Waals surface area contributed by atoms with E-state index in [9.17, 15) is 9.18 Å². The monoisotopic (exact) mass is 465 g/mol. The molecule has 1 atom stereocenters. The summed E-state index contributed by atoms with van der Waals surface area (Å²) in [7, 11) is 0. The molecule has 33 heavy (non-hydrogen) atoms. The fourth-order valence-corrected chi connectivity index (χ4v) is 4.80. The van der Waals surface area contributed by atoms with Gasteiger partial charge in [-0.2, -0.15) is 0 Å². The van der Waals surface area contributed by atoms with Crippen LogP contribution in [0.1, 0.15) is 18.4 Å². The number of fused-ring (bicyclic) bond motifs is 1. The third-order valence-electron chi connectivity index (χ3n) is 5.76. The van der Waals surface area contributed by atoms with Gasteiger partial charge in [-0.25, -0.2) is 4.39 Å². The largest absolute Gasteiger partial charge is 0.376 e. The molecule has 2 aromatic carbocycles. The number of para-hydroxylation sites is 1. The minimum Gasteiger partial charge on any atom is -0.376 e. The molecule has 1 aliphatic rings. The second-order valence-corrected chi connectivity index (χ2v) is 9.04. The second-order valence-electron chi connectivity index (χ2n) is 8.10. The van der Waals surface area contributed by atoms with E-state index in [1.807, 2.05) is 42.0 Å². The van der Waals surface area contributed by atoms with Crippen molar-refractivity contribution >= 4 is 34.3 Å². The molecular formula is C24H24FN5O2S. The Kier molecular flexibility index (Phi) is 6.15. The van der Waals surface area contributed by atoms with E-state index in [0.717, 1.165) is 47.3 Å². The smallest absolute Gasteiger partial charge is 0.234 e. The number of hydrogen-bond donors (Lipinski definition) is 2. The number of halogens is 1. The van der Waals surface area contributed by atoms with Crippen molar-refractivity contribution in [3.05, 3.63) is 60.0 Å². The number of nitrogens with zero attached hydrogens (tertiary/aromatic N) is 3. The molecule has 4 aromatic rings.